The van der Waals surface area contributed by atoms with Crippen LogP contribution in [-0.4, -0.2) is 76.2 Å². The SMILES string of the molecule is [C-]#[N+]CCOP(O[C@H]1CC[C@@H](CC)N1C(=O)CCCCCN1C(=O)c2ccccc2C1=O)N(C(C)C)C(C)C. The molecule has 3 rings (SSSR count). The Kier molecular flexibility index (Phi) is 11.9. The van der Waals surface area contributed by atoms with Crippen molar-refractivity contribution >= 4 is 26.2 Å². The molecular formula is C29H43N4O5P. The third-order valence-corrected chi connectivity index (χ3v) is 9.35. The summed E-state index contributed by atoms with van der Waals surface area (Å²) in [6.07, 6.45) is 4.65. The predicted octanol–water partition coefficient (Wildman–Crippen LogP) is 5.87. The van der Waals surface area contributed by atoms with Crippen LogP contribution in [0.4, 0.5) is 0 Å². The minimum Gasteiger partial charge on any atom is -0.314 e. The first kappa shape index (κ1) is 31.2. The van der Waals surface area contributed by atoms with Gasteiger partial charge >= 0.3 is 0 Å². The fourth-order valence-corrected chi connectivity index (χ4v) is 7.11. The van der Waals surface area contributed by atoms with Crippen LogP contribution < -0.4 is 0 Å². The van der Waals surface area contributed by atoms with E-state index in [-0.39, 0.29) is 48.6 Å². The van der Waals surface area contributed by atoms with Crippen LogP contribution in [0.25, 0.3) is 4.85 Å². The highest BCUT2D eigenvalue weighted by molar-refractivity contribution is 7.44. The van der Waals surface area contributed by atoms with E-state index in [1.54, 1.807) is 24.3 Å². The van der Waals surface area contributed by atoms with E-state index in [9.17, 15) is 14.4 Å². The Labute approximate surface area is 234 Å². The van der Waals surface area contributed by atoms with E-state index in [0.29, 0.717) is 43.5 Å². The van der Waals surface area contributed by atoms with Gasteiger partial charge in [0.2, 0.25) is 12.5 Å². The topological polar surface area (TPSA) is 83.8 Å². The van der Waals surface area contributed by atoms with E-state index in [1.165, 1.54) is 4.90 Å². The third kappa shape index (κ3) is 7.64. The molecule has 2 heterocycles. The first-order valence-electron chi connectivity index (χ1n) is 14.2. The summed E-state index contributed by atoms with van der Waals surface area (Å²) in [5, 5.41) is 0. The average molecular weight is 559 g/mol. The second kappa shape index (κ2) is 14.9. The molecule has 1 aromatic carbocycles. The van der Waals surface area contributed by atoms with Crippen molar-refractivity contribution in [1.29, 1.82) is 0 Å². The molecule has 1 fully saturated rings. The molecule has 39 heavy (non-hydrogen) atoms. The number of unbranched alkanes of at least 4 members (excludes halogenated alkanes) is 2. The molecule has 2 aliphatic heterocycles. The Bertz CT molecular complexity index is 1000. The van der Waals surface area contributed by atoms with E-state index in [1.807, 2.05) is 4.90 Å². The van der Waals surface area contributed by atoms with E-state index in [0.717, 1.165) is 25.7 Å². The molecule has 1 aromatic rings. The maximum Gasteiger partial charge on any atom is 0.261 e. The van der Waals surface area contributed by atoms with Crippen molar-refractivity contribution in [3.63, 3.8) is 0 Å². The van der Waals surface area contributed by atoms with Gasteiger partial charge in [-0.25, -0.2) is 11.2 Å². The number of amides is 3. The summed E-state index contributed by atoms with van der Waals surface area (Å²) in [4.78, 5) is 45.2. The number of hydrogen-bond donors (Lipinski definition) is 0. The van der Waals surface area contributed by atoms with Gasteiger partial charge in [0.25, 0.3) is 20.3 Å². The van der Waals surface area contributed by atoms with E-state index in [2.05, 4.69) is 44.1 Å². The lowest BCUT2D eigenvalue weighted by atomic mass is 10.1. The molecule has 214 valence electrons. The number of imide groups is 1. The number of rotatable bonds is 15. The summed E-state index contributed by atoms with van der Waals surface area (Å²) in [5.41, 5.74) is 0.935. The number of likely N-dealkylation sites (tertiary alicyclic amines) is 1. The summed E-state index contributed by atoms with van der Waals surface area (Å²) >= 11 is 0. The number of hydrogen-bond acceptors (Lipinski definition) is 6. The lowest BCUT2D eigenvalue weighted by Crippen LogP contribution is -2.43. The maximum absolute atomic E-state index is 13.4. The fraction of sp³-hybridized carbons (Fsp3) is 0.655. The van der Waals surface area contributed by atoms with Gasteiger partial charge in [0, 0.05) is 31.1 Å². The van der Waals surface area contributed by atoms with Gasteiger partial charge in [-0.2, -0.15) is 0 Å². The zero-order valence-electron chi connectivity index (χ0n) is 24.0. The number of carbonyl (C=O) groups is 3. The van der Waals surface area contributed by atoms with Gasteiger partial charge in [0.15, 0.2) is 0 Å². The van der Waals surface area contributed by atoms with Crippen molar-refractivity contribution in [3.8, 4) is 0 Å². The molecule has 0 spiro atoms. The van der Waals surface area contributed by atoms with Crippen molar-refractivity contribution in [3.05, 3.63) is 46.8 Å². The number of nitrogens with zero attached hydrogens (tertiary/aromatic N) is 4. The van der Waals surface area contributed by atoms with Crippen LogP contribution in [0.5, 0.6) is 0 Å². The van der Waals surface area contributed by atoms with Gasteiger partial charge < -0.3 is 14.3 Å². The maximum atomic E-state index is 13.4. The van der Waals surface area contributed by atoms with Gasteiger partial charge in [-0.1, -0.05) is 25.5 Å². The Morgan fingerprint density at radius 2 is 1.72 bits per heavy atom. The van der Waals surface area contributed by atoms with Crippen LogP contribution in [0.2, 0.25) is 0 Å². The fourth-order valence-electron chi connectivity index (χ4n) is 5.40. The molecule has 0 aliphatic carbocycles. The number of benzene rings is 1. The van der Waals surface area contributed by atoms with E-state index >= 15 is 0 Å². The molecule has 2 aliphatic rings. The Morgan fingerprint density at radius 3 is 2.28 bits per heavy atom. The molecule has 0 bridgehead atoms. The minimum atomic E-state index is -1.43. The lowest BCUT2D eigenvalue weighted by Gasteiger charge is -2.38. The molecule has 0 radical (unpaired) electrons. The summed E-state index contributed by atoms with van der Waals surface area (Å²) in [5.74, 6) is -0.398. The van der Waals surface area contributed by atoms with Gasteiger partial charge in [-0.3, -0.25) is 23.8 Å². The van der Waals surface area contributed by atoms with Crippen LogP contribution in [0, 0.1) is 6.57 Å². The molecule has 9 nitrogen and oxygen atoms in total. The smallest absolute Gasteiger partial charge is 0.261 e. The minimum absolute atomic E-state index is 0.0711. The highest BCUT2D eigenvalue weighted by atomic mass is 31.2. The Balaban J connectivity index is 1.55. The molecule has 3 amide bonds. The van der Waals surface area contributed by atoms with E-state index in [4.69, 9.17) is 15.6 Å². The molecule has 0 aromatic heterocycles. The second-order valence-electron chi connectivity index (χ2n) is 10.6. The third-order valence-electron chi connectivity index (χ3n) is 7.22. The first-order chi connectivity index (χ1) is 18.7. The zero-order chi connectivity index (χ0) is 28.5. The normalized spacial score (nSPS) is 19.9. The van der Waals surface area contributed by atoms with Crippen LogP contribution in [-0.2, 0) is 13.8 Å². The molecular weight excluding hydrogens is 515 g/mol. The second-order valence-corrected chi connectivity index (χ2v) is 12.0. The summed E-state index contributed by atoms with van der Waals surface area (Å²) in [6.45, 7) is 18.5. The summed E-state index contributed by atoms with van der Waals surface area (Å²) < 4.78 is 14.8. The highest BCUT2D eigenvalue weighted by Crippen LogP contribution is 2.49. The predicted molar refractivity (Wildman–Crippen MR) is 152 cm³/mol. The standard InChI is InChI=1S/C29H43N4O5P/c1-7-23-16-17-27(38-39(37-20-18-30-6)33(21(2)3)22(4)5)32(23)26(34)15-9-8-12-19-31-28(35)24-13-10-11-14-25(24)29(31)36/h10-11,13-14,21-23,27H,7-9,12,15-20H2,1-5H3/t23-,27+,39?/m1/s1. The lowest BCUT2D eigenvalue weighted by molar-refractivity contribution is -0.140. The monoisotopic (exact) mass is 558 g/mol. The number of carbonyl (C=O) groups excluding carboxylic acids is 3. The van der Waals surface area contributed by atoms with Gasteiger partial charge in [0.1, 0.15) is 12.8 Å². The molecule has 0 saturated carbocycles. The van der Waals surface area contributed by atoms with Crippen molar-refractivity contribution in [2.45, 2.75) is 104 Å². The molecule has 3 atom stereocenters. The molecule has 0 N–H and O–H groups in total. The Hall–Kier alpha value is -2.37. The quantitative estimate of drug-likeness (QED) is 0.116. The van der Waals surface area contributed by atoms with Gasteiger partial charge in [-0.05, 0) is 71.9 Å². The zero-order valence-corrected chi connectivity index (χ0v) is 24.9. The average Bonchev–Trinajstić information content (AvgIpc) is 3.42. The van der Waals surface area contributed by atoms with Crippen molar-refractivity contribution in [2.75, 3.05) is 19.7 Å². The van der Waals surface area contributed by atoms with Gasteiger partial charge in [-0.15, -0.1) is 0 Å². The summed E-state index contributed by atoms with van der Waals surface area (Å²) in [6, 6.07) is 7.44. The van der Waals surface area contributed by atoms with E-state index < -0.39 is 8.53 Å². The highest BCUT2D eigenvalue weighted by Gasteiger charge is 2.40. The van der Waals surface area contributed by atoms with Crippen molar-refractivity contribution < 1.29 is 23.4 Å². The van der Waals surface area contributed by atoms with Crippen LogP contribution >= 0.6 is 8.53 Å². The van der Waals surface area contributed by atoms with Crippen LogP contribution in [0.1, 0.15) is 100 Å². The molecule has 1 saturated heterocycles. The van der Waals surface area contributed by atoms with Gasteiger partial charge in [0.05, 0.1) is 11.1 Å². The largest absolute Gasteiger partial charge is 0.314 e. The van der Waals surface area contributed by atoms with Crippen molar-refractivity contribution in [1.82, 2.24) is 14.5 Å². The van der Waals surface area contributed by atoms with Crippen LogP contribution in [0.15, 0.2) is 24.3 Å². The van der Waals surface area contributed by atoms with Crippen molar-refractivity contribution in [2.24, 2.45) is 0 Å². The molecule has 1 unspecified atom stereocenters. The van der Waals surface area contributed by atoms with Crippen LogP contribution in [0.3, 0.4) is 0 Å². The number of fused-ring (bicyclic) bond motifs is 1. The molecule has 10 heteroatoms. The first-order valence-corrected chi connectivity index (χ1v) is 15.3. The Morgan fingerprint density at radius 1 is 1.08 bits per heavy atom. The summed E-state index contributed by atoms with van der Waals surface area (Å²) in [7, 11) is -1.43.